The Balaban J connectivity index is 1.35. The number of fused-ring (bicyclic) bond motifs is 1. The second-order valence-corrected chi connectivity index (χ2v) is 8.78. The van der Waals surface area contributed by atoms with Gasteiger partial charge in [0.1, 0.15) is 5.75 Å². The molecule has 1 aliphatic heterocycles. The van der Waals surface area contributed by atoms with E-state index in [-0.39, 0.29) is 5.91 Å². The average molecular weight is 482 g/mol. The van der Waals surface area contributed by atoms with E-state index in [1.165, 1.54) is 12.8 Å². The van der Waals surface area contributed by atoms with Crippen molar-refractivity contribution in [3.05, 3.63) is 52.5 Å². The molecular formula is C23H24BrN5O2. The minimum Gasteiger partial charge on any atom is -0.497 e. The summed E-state index contributed by atoms with van der Waals surface area (Å²) < 4.78 is 6.06. The molecule has 3 aromatic rings. The Labute approximate surface area is 189 Å². The van der Waals surface area contributed by atoms with Gasteiger partial charge in [0.15, 0.2) is 11.6 Å². The fourth-order valence-corrected chi connectivity index (χ4v) is 4.23. The largest absolute Gasteiger partial charge is 0.497 e. The lowest BCUT2D eigenvalue weighted by Crippen LogP contribution is -2.49. The van der Waals surface area contributed by atoms with Gasteiger partial charge in [0, 0.05) is 36.7 Å². The highest BCUT2D eigenvalue weighted by Crippen LogP contribution is 2.31. The van der Waals surface area contributed by atoms with Gasteiger partial charge in [-0.25, -0.2) is 9.97 Å². The molecule has 8 heteroatoms. The Morgan fingerprint density at radius 3 is 2.45 bits per heavy atom. The van der Waals surface area contributed by atoms with Crippen molar-refractivity contribution in [1.29, 1.82) is 0 Å². The molecule has 1 saturated carbocycles. The van der Waals surface area contributed by atoms with Crippen LogP contribution < -0.4 is 15.0 Å². The molecule has 0 radical (unpaired) electrons. The number of para-hydroxylation sites is 2. The van der Waals surface area contributed by atoms with E-state index in [1.807, 2.05) is 41.3 Å². The maximum atomic E-state index is 13.1. The fraction of sp³-hybridized carbons (Fsp3) is 0.348. The first-order valence-corrected chi connectivity index (χ1v) is 11.3. The number of halogens is 1. The van der Waals surface area contributed by atoms with Crippen LogP contribution in [0.1, 0.15) is 23.2 Å². The summed E-state index contributed by atoms with van der Waals surface area (Å²) >= 11 is 3.50. The number of methoxy groups -OCH3 is 1. The summed E-state index contributed by atoms with van der Waals surface area (Å²) in [6, 6.07) is 13.9. The summed E-state index contributed by atoms with van der Waals surface area (Å²) in [5.41, 5.74) is 2.40. The van der Waals surface area contributed by atoms with Crippen molar-refractivity contribution in [1.82, 2.24) is 14.9 Å². The molecule has 1 saturated heterocycles. The number of anilines is 2. The Hall–Kier alpha value is -2.87. The zero-order chi connectivity index (χ0) is 21.4. The van der Waals surface area contributed by atoms with Gasteiger partial charge in [-0.3, -0.25) is 4.79 Å². The molecule has 2 aliphatic rings. The number of aromatic nitrogens is 2. The number of ether oxygens (including phenoxy) is 1. The maximum Gasteiger partial charge on any atom is 0.255 e. The van der Waals surface area contributed by atoms with Gasteiger partial charge < -0.3 is 19.9 Å². The number of amides is 1. The van der Waals surface area contributed by atoms with Gasteiger partial charge in [-0.2, -0.15) is 0 Å². The number of hydrogen-bond donors (Lipinski definition) is 1. The molecule has 2 aromatic carbocycles. The molecule has 0 spiro atoms. The average Bonchev–Trinajstić information content (AvgIpc) is 3.63. The highest BCUT2D eigenvalue weighted by Gasteiger charge is 2.28. The van der Waals surface area contributed by atoms with Crippen LogP contribution in [0.4, 0.5) is 11.6 Å². The van der Waals surface area contributed by atoms with Crippen molar-refractivity contribution < 1.29 is 9.53 Å². The Morgan fingerprint density at radius 1 is 1.06 bits per heavy atom. The lowest BCUT2D eigenvalue weighted by molar-refractivity contribution is 0.0745. The second-order valence-electron chi connectivity index (χ2n) is 7.93. The van der Waals surface area contributed by atoms with Crippen LogP contribution in [-0.2, 0) is 0 Å². The summed E-state index contributed by atoms with van der Waals surface area (Å²) in [4.78, 5) is 27.0. The smallest absolute Gasteiger partial charge is 0.255 e. The van der Waals surface area contributed by atoms with E-state index >= 15 is 0 Å². The minimum atomic E-state index is 0.00588. The molecule has 1 aliphatic carbocycles. The van der Waals surface area contributed by atoms with Gasteiger partial charge in [-0.05, 0) is 59.1 Å². The first kappa shape index (κ1) is 20.1. The number of benzene rings is 2. The Morgan fingerprint density at radius 2 is 1.77 bits per heavy atom. The van der Waals surface area contributed by atoms with Crippen LogP contribution in [0.2, 0.25) is 0 Å². The summed E-state index contributed by atoms with van der Waals surface area (Å²) in [5.74, 6) is 2.40. The topological polar surface area (TPSA) is 70.6 Å². The van der Waals surface area contributed by atoms with Crippen molar-refractivity contribution in [3.8, 4) is 5.75 Å². The van der Waals surface area contributed by atoms with E-state index in [9.17, 15) is 4.79 Å². The monoisotopic (exact) mass is 481 g/mol. The first-order chi connectivity index (χ1) is 15.1. The highest BCUT2D eigenvalue weighted by atomic mass is 79.9. The van der Waals surface area contributed by atoms with Crippen LogP contribution in [-0.4, -0.2) is 60.1 Å². The predicted octanol–water partition coefficient (Wildman–Crippen LogP) is 3.94. The summed E-state index contributed by atoms with van der Waals surface area (Å²) in [6.07, 6.45) is 2.34. The standard InChI is InChI=1S/C23H24BrN5O2/c1-31-16-8-9-18(24)17(14-16)23(30)29-12-10-28(11-13-29)22-21(25-15-6-7-15)26-19-4-2-3-5-20(19)27-22/h2-5,8-9,14-15H,6-7,10-13H2,1H3,(H,25,26). The van der Waals surface area contributed by atoms with Gasteiger partial charge in [0.25, 0.3) is 5.91 Å². The molecule has 0 atom stereocenters. The molecule has 5 rings (SSSR count). The number of nitrogens with zero attached hydrogens (tertiary/aromatic N) is 4. The van der Waals surface area contributed by atoms with Gasteiger partial charge in [0.05, 0.1) is 23.7 Å². The molecule has 1 amide bonds. The van der Waals surface area contributed by atoms with Crippen molar-refractivity contribution in [2.24, 2.45) is 0 Å². The van der Waals surface area contributed by atoms with Crippen LogP contribution in [0, 0.1) is 0 Å². The summed E-state index contributed by atoms with van der Waals surface area (Å²) in [5, 5.41) is 3.54. The maximum absolute atomic E-state index is 13.1. The zero-order valence-corrected chi connectivity index (χ0v) is 18.9. The quantitative estimate of drug-likeness (QED) is 0.594. The molecular weight excluding hydrogens is 458 g/mol. The fourth-order valence-electron chi connectivity index (χ4n) is 3.82. The number of rotatable bonds is 5. The molecule has 0 bridgehead atoms. The van der Waals surface area contributed by atoms with Gasteiger partial charge in [0.2, 0.25) is 0 Å². The lowest BCUT2D eigenvalue weighted by Gasteiger charge is -2.36. The van der Waals surface area contributed by atoms with Crippen LogP contribution in [0.3, 0.4) is 0 Å². The van der Waals surface area contributed by atoms with E-state index in [0.29, 0.717) is 43.5 Å². The molecule has 31 heavy (non-hydrogen) atoms. The van der Waals surface area contributed by atoms with E-state index in [4.69, 9.17) is 14.7 Å². The molecule has 160 valence electrons. The van der Waals surface area contributed by atoms with E-state index in [2.05, 4.69) is 26.1 Å². The Kier molecular flexibility index (Phi) is 5.40. The molecule has 2 fully saturated rings. The van der Waals surface area contributed by atoms with Crippen molar-refractivity contribution in [2.75, 3.05) is 43.5 Å². The molecule has 2 heterocycles. The minimum absolute atomic E-state index is 0.00588. The van der Waals surface area contributed by atoms with Crippen molar-refractivity contribution in [3.63, 3.8) is 0 Å². The molecule has 0 unspecified atom stereocenters. The zero-order valence-electron chi connectivity index (χ0n) is 17.3. The van der Waals surface area contributed by atoms with Crippen LogP contribution in [0.5, 0.6) is 5.75 Å². The summed E-state index contributed by atoms with van der Waals surface area (Å²) in [7, 11) is 1.61. The Bertz CT molecular complexity index is 1130. The summed E-state index contributed by atoms with van der Waals surface area (Å²) in [6.45, 7) is 2.67. The first-order valence-electron chi connectivity index (χ1n) is 10.5. The normalized spacial score (nSPS) is 16.5. The van der Waals surface area contributed by atoms with E-state index in [1.54, 1.807) is 13.2 Å². The molecule has 1 N–H and O–H groups in total. The third kappa shape index (κ3) is 4.17. The number of hydrogen-bond acceptors (Lipinski definition) is 6. The number of nitrogens with one attached hydrogen (secondary N) is 1. The van der Waals surface area contributed by atoms with Gasteiger partial charge in [-0.1, -0.05) is 12.1 Å². The molecule has 7 nitrogen and oxygen atoms in total. The number of carbonyl (C=O) groups is 1. The van der Waals surface area contributed by atoms with Crippen LogP contribution in [0.15, 0.2) is 46.9 Å². The van der Waals surface area contributed by atoms with Gasteiger partial charge in [-0.15, -0.1) is 0 Å². The third-order valence-corrected chi connectivity index (χ3v) is 6.43. The lowest BCUT2D eigenvalue weighted by atomic mass is 10.1. The van der Waals surface area contributed by atoms with Gasteiger partial charge >= 0.3 is 0 Å². The number of carbonyl (C=O) groups excluding carboxylic acids is 1. The third-order valence-electron chi connectivity index (χ3n) is 5.74. The predicted molar refractivity (Wildman–Crippen MR) is 125 cm³/mol. The van der Waals surface area contributed by atoms with Crippen LogP contribution in [0.25, 0.3) is 11.0 Å². The SMILES string of the molecule is COc1ccc(Br)c(C(=O)N2CCN(c3nc4ccccc4nc3NC3CC3)CC2)c1. The molecule has 1 aromatic heterocycles. The number of piperazine rings is 1. The van der Waals surface area contributed by atoms with E-state index < -0.39 is 0 Å². The van der Waals surface area contributed by atoms with E-state index in [0.717, 1.165) is 27.1 Å². The van der Waals surface area contributed by atoms with Crippen LogP contribution >= 0.6 is 15.9 Å². The van der Waals surface area contributed by atoms with Crippen molar-refractivity contribution in [2.45, 2.75) is 18.9 Å². The highest BCUT2D eigenvalue weighted by molar-refractivity contribution is 9.10. The van der Waals surface area contributed by atoms with Crippen molar-refractivity contribution >= 4 is 44.5 Å². The second kappa shape index (κ2) is 8.34.